The fourth-order valence-corrected chi connectivity index (χ4v) is 2.09. The lowest BCUT2D eigenvalue weighted by molar-refractivity contribution is 0.118. The molecule has 1 aliphatic heterocycles. The maximum atomic E-state index is 10.6. The Morgan fingerprint density at radius 2 is 2.00 bits per heavy atom. The van der Waals surface area contributed by atoms with Gasteiger partial charge < -0.3 is 15.6 Å². The lowest BCUT2D eigenvalue weighted by atomic mass is 10.3. The van der Waals surface area contributed by atoms with Gasteiger partial charge >= 0.3 is 0 Å². The summed E-state index contributed by atoms with van der Waals surface area (Å²) in [5.74, 6) is -0.532. The van der Waals surface area contributed by atoms with E-state index in [0.717, 1.165) is 0 Å². The molecular weight excluding hydrogens is 158 g/mol. The van der Waals surface area contributed by atoms with Crippen molar-refractivity contribution in [3.8, 4) is 0 Å². The monoisotopic (exact) mass is 165 g/mol. The number of hydrogen-bond donors (Lipinski definition) is 3. The Balaban J connectivity index is 3.04. The van der Waals surface area contributed by atoms with Crippen LogP contribution in [0.2, 0.25) is 0 Å². The molecule has 1 heterocycles. The van der Waals surface area contributed by atoms with Crippen molar-refractivity contribution in [3.05, 3.63) is 0 Å². The van der Waals surface area contributed by atoms with E-state index in [4.69, 9.17) is 15.6 Å². The van der Waals surface area contributed by atoms with Gasteiger partial charge in [-0.3, -0.25) is 0 Å². The second-order valence-electron chi connectivity index (χ2n) is 2.17. The third-order valence-corrected chi connectivity index (χ3v) is 3.06. The van der Waals surface area contributed by atoms with E-state index < -0.39 is 27.1 Å². The van der Waals surface area contributed by atoms with Crippen molar-refractivity contribution in [3.63, 3.8) is 0 Å². The summed E-state index contributed by atoms with van der Waals surface area (Å²) in [6.07, 6.45) is -1.52. The van der Waals surface area contributed by atoms with E-state index in [1.54, 1.807) is 0 Å². The molecule has 0 bridgehead atoms. The van der Waals surface area contributed by atoms with E-state index in [2.05, 4.69) is 0 Å². The molecule has 0 saturated carbocycles. The molecule has 1 rings (SSSR count). The second kappa shape index (κ2) is 2.01. The number of aliphatic hydroxyl groups excluding tert-OH is 2. The van der Waals surface area contributed by atoms with Crippen LogP contribution in [0, 0.1) is 5.41 Å². The molecule has 0 amide bonds. The van der Waals surface area contributed by atoms with E-state index in [1.807, 2.05) is 0 Å². The van der Waals surface area contributed by atoms with Gasteiger partial charge in [0.15, 0.2) is 15.3 Å². The Kier molecular flexibility index (Phi) is 1.54. The Bertz CT molecular complexity index is 256. The highest BCUT2D eigenvalue weighted by Crippen LogP contribution is 2.14. The van der Waals surface area contributed by atoms with Gasteiger partial charge in [0.2, 0.25) is 0 Å². The van der Waals surface area contributed by atoms with Crippen LogP contribution in [0.4, 0.5) is 0 Å². The third-order valence-electron chi connectivity index (χ3n) is 1.35. The van der Waals surface area contributed by atoms with E-state index >= 15 is 0 Å². The molecule has 10 heavy (non-hydrogen) atoms. The van der Waals surface area contributed by atoms with Gasteiger partial charge in [0.05, 0.1) is 11.5 Å². The SMILES string of the molecule is N=C1CS(=O)(=O)C(O)C1O. The minimum absolute atomic E-state index is 0.340. The molecular formula is C4H7NO4S. The second-order valence-corrected chi connectivity index (χ2v) is 4.27. The molecule has 1 aliphatic rings. The first-order chi connectivity index (χ1) is 4.45. The first kappa shape index (κ1) is 7.64. The van der Waals surface area contributed by atoms with Crippen LogP contribution in [-0.2, 0) is 9.84 Å². The Hall–Kier alpha value is -0.460. The first-order valence-corrected chi connectivity index (χ1v) is 4.32. The average molecular weight is 165 g/mol. The normalized spacial score (nSPS) is 38.4. The standard InChI is InChI=1S/C4H7NO4S/c5-2-1-10(8,9)4(7)3(2)6/h3-7H,1H2. The van der Waals surface area contributed by atoms with Crippen molar-refractivity contribution >= 4 is 15.5 Å². The zero-order valence-electron chi connectivity index (χ0n) is 4.98. The summed E-state index contributed by atoms with van der Waals surface area (Å²) in [5, 5.41) is 24.3. The number of hydrogen-bond acceptors (Lipinski definition) is 5. The number of rotatable bonds is 0. The quantitative estimate of drug-likeness (QED) is 0.391. The maximum Gasteiger partial charge on any atom is 0.187 e. The van der Waals surface area contributed by atoms with E-state index in [0.29, 0.717) is 0 Å². The summed E-state index contributed by atoms with van der Waals surface area (Å²) >= 11 is 0. The van der Waals surface area contributed by atoms with Crippen LogP contribution in [0.25, 0.3) is 0 Å². The van der Waals surface area contributed by atoms with Gasteiger partial charge in [-0.2, -0.15) is 0 Å². The molecule has 1 saturated heterocycles. The van der Waals surface area contributed by atoms with Crippen LogP contribution < -0.4 is 0 Å². The minimum Gasteiger partial charge on any atom is -0.383 e. The van der Waals surface area contributed by atoms with Crippen molar-refractivity contribution in [2.45, 2.75) is 11.5 Å². The molecule has 3 N–H and O–H groups in total. The minimum atomic E-state index is -3.64. The summed E-state index contributed by atoms with van der Waals surface area (Å²) in [6, 6.07) is 0. The third kappa shape index (κ3) is 0.938. The molecule has 1 fully saturated rings. The van der Waals surface area contributed by atoms with Gasteiger partial charge in [-0.15, -0.1) is 0 Å². The summed E-state index contributed by atoms with van der Waals surface area (Å²) in [4.78, 5) is 0. The number of nitrogens with one attached hydrogen (secondary N) is 1. The van der Waals surface area contributed by atoms with Crippen molar-refractivity contribution in [1.29, 1.82) is 5.41 Å². The van der Waals surface area contributed by atoms with Crippen molar-refractivity contribution in [2.24, 2.45) is 0 Å². The fourth-order valence-electron chi connectivity index (χ4n) is 0.756. The highest BCUT2D eigenvalue weighted by molar-refractivity contribution is 7.93. The molecule has 0 aromatic heterocycles. The molecule has 0 aromatic carbocycles. The smallest absolute Gasteiger partial charge is 0.187 e. The van der Waals surface area contributed by atoms with Crippen LogP contribution in [0.5, 0.6) is 0 Å². The predicted molar refractivity (Wildman–Crippen MR) is 33.5 cm³/mol. The summed E-state index contributed by atoms with van der Waals surface area (Å²) in [6.45, 7) is 0. The fraction of sp³-hybridized carbons (Fsp3) is 0.750. The lowest BCUT2D eigenvalue weighted by Gasteiger charge is -2.03. The molecule has 0 aliphatic carbocycles. The predicted octanol–water partition coefficient (Wildman–Crippen LogP) is -1.89. The highest BCUT2D eigenvalue weighted by atomic mass is 32.2. The summed E-state index contributed by atoms with van der Waals surface area (Å²) in [5.41, 5.74) is -2.13. The van der Waals surface area contributed by atoms with E-state index in [9.17, 15) is 8.42 Å². The van der Waals surface area contributed by atoms with Gasteiger partial charge in [0.1, 0.15) is 6.10 Å². The van der Waals surface area contributed by atoms with E-state index in [-0.39, 0.29) is 5.71 Å². The van der Waals surface area contributed by atoms with Gasteiger partial charge in [0.25, 0.3) is 0 Å². The highest BCUT2D eigenvalue weighted by Gasteiger charge is 2.41. The molecule has 6 heteroatoms. The van der Waals surface area contributed by atoms with Crippen LogP contribution in [-0.4, -0.2) is 41.6 Å². The number of aliphatic hydroxyl groups is 2. The molecule has 5 nitrogen and oxygen atoms in total. The topological polar surface area (TPSA) is 98.5 Å². The Labute approximate surface area is 57.7 Å². The van der Waals surface area contributed by atoms with Gasteiger partial charge in [-0.1, -0.05) is 0 Å². The Morgan fingerprint density at radius 1 is 1.50 bits per heavy atom. The van der Waals surface area contributed by atoms with Gasteiger partial charge in [0, 0.05) is 0 Å². The molecule has 2 unspecified atom stereocenters. The molecule has 0 aromatic rings. The van der Waals surface area contributed by atoms with Gasteiger partial charge in [-0.25, -0.2) is 8.42 Å². The molecule has 0 radical (unpaired) electrons. The number of sulfone groups is 1. The van der Waals surface area contributed by atoms with Crippen LogP contribution >= 0.6 is 0 Å². The van der Waals surface area contributed by atoms with Crippen molar-refractivity contribution < 1.29 is 18.6 Å². The summed E-state index contributed by atoms with van der Waals surface area (Å²) in [7, 11) is -3.64. The maximum absolute atomic E-state index is 10.6. The van der Waals surface area contributed by atoms with Crippen LogP contribution in [0.1, 0.15) is 0 Å². The van der Waals surface area contributed by atoms with Gasteiger partial charge in [-0.05, 0) is 0 Å². The van der Waals surface area contributed by atoms with E-state index in [1.165, 1.54) is 0 Å². The van der Waals surface area contributed by atoms with Crippen molar-refractivity contribution in [2.75, 3.05) is 5.75 Å². The molecule has 58 valence electrons. The zero-order chi connectivity index (χ0) is 7.94. The molecule has 0 spiro atoms. The zero-order valence-corrected chi connectivity index (χ0v) is 5.80. The van der Waals surface area contributed by atoms with Crippen LogP contribution in [0.15, 0.2) is 0 Å². The van der Waals surface area contributed by atoms with Crippen LogP contribution in [0.3, 0.4) is 0 Å². The summed E-state index contributed by atoms with van der Waals surface area (Å²) < 4.78 is 21.3. The lowest BCUT2D eigenvalue weighted by Crippen LogP contribution is -2.27. The largest absolute Gasteiger partial charge is 0.383 e. The van der Waals surface area contributed by atoms with Crippen molar-refractivity contribution in [1.82, 2.24) is 0 Å². The molecule has 2 atom stereocenters. The first-order valence-electron chi connectivity index (χ1n) is 2.60. The Morgan fingerprint density at radius 3 is 2.10 bits per heavy atom. The average Bonchev–Trinajstić information content (AvgIpc) is 1.95.